The van der Waals surface area contributed by atoms with Gasteiger partial charge in [-0.05, 0) is 24.3 Å². The number of hydrogen-bond donors (Lipinski definition) is 0. The Kier molecular flexibility index (Phi) is 4.06. The maximum absolute atomic E-state index is 5.99. The van der Waals surface area contributed by atoms with Gasteiger partial charge in [-0.1, -0.05) is 11.6 Å². The Morgan fingerprint density at radius 2 is 1.74 bits per heavy atom. The fourth-order valence-corrected chi connectivity index (χ4v) is 1.89. The molecule has 1 aromatic heterocycles. The van der Waals surface area contributed by atoms with E-state index >= 15 is 0 Å². The van der Waals surface area contributed by atoms with Crippen LogP contribution >= 0.6 is 11.6 Å². The van der Waals surface area contributed by atoms with Crippen molar-refractivity contribution >= 4 is 23.1 Å². The van der Waals surface area contributed by atoms with E-state index in [4.69, 9.17) is 21.1 Å². The zero-order valence-electron chi connectivity index (χ0n) is 10.9. The summed E-state index contributed by atoms with van der Waals surface area (Å²) >= 11 is 5.99. The van der Waals surface area contributed by atoms with Gasteiger partial charge < -0.3 is 14.4 Å². The van der Waals surface area contributed by atoms with Crippen LogP contribution in [0.4, 0.5) is 11.5 Å². The van der Waals surface area contributed by atoms with Crippen molar-refractivity contribution in [2.75, 3.05) is 26.2 Å². The fraction of sp³-hybridized carbons (Fsp3) is 0.231. The van der Waals surface area contributed by atoms with E-state index in [2.05, 4.69) is 9.97 Å². The van der Waals surface area contributed by atoms with E-state index < -0.39 is 0 Å². The first-order valence-electron chi connectivity index (χ1n) is 5.59. The Labute approximate surface area is 116 Å². The number of benzene rings is 1. The molecule has 1 aromatic carbocycles. The van der Waals surface area contributed by atoms with Crippen molar-refractivity contribution in [3.63, 3.8) is 0 Å². The number of anilines is 2. The first kappa shape index (κ1) is 13.4. The van der Waals surface area contributed by atoms with Crippen LogP contribution < -0.4 is 14.4 Å². The van der Waals surface area contributed by atoms with Gasteiger partial charge in [0.1, 0.15) is 12.1 Å². The summed E-state index contributed by atoms with van der Waals surface area (Å²) < 4.78 is 10.4. The monoisotopic (exact) mass is 279 g/mol. The van der Waals surface area contributed by atoms with Crippen LogP contribution in [0.15, 0.2) is 30.6 Å². The molecule has 0 atom stereocenters. The first-order valence-corrected chi connectivity index (χ1v) is 5.97. The maximum atomic E-state index is 5.99. The topological polar surface area (TPSA) is 47.5 Å². The molecule has 100 valence electrons. The molecule has 6 heteroatoms. The summed E-state index contributed by atoms with van der Waals surface area (Å²) in [6, 6.07) is 7.60. The number of rotatable bonds is 4. The summed E-state index contributed by atoms with van der Waals surface area (Å²) in [4.78, 5) is 9.97. The third-order valence-electron chi connectivity index (χ3n) is 2.72. The summed E-state index contributed by atoms with van der Waals surface area (Å²) in [5, 5.41) is 0.285. The van der Waals surface area contributed by atoms with Gasteiger partial charge in [0.2, 0.25) is 0 Å². The van der Waals surface area contributed by atoms with Crippen LogP contribution in [0.1, 0.15) is 0 Å². The lowest BCUT2D eigenvalue weighted by Gasteiger charge is -2.20. The van der Waals surface area contributed by atoms with Crippen molar-refractivity contribution in [3.05, 3.63) is 35.7 Å². The Morgan fingerprint density at radius 3 is 2.32 bits per heavy atom. The summed E-state index contributed by atoms with van der Waals surface area (Å²) in [5.74, 6) is 1.85. The van der Waals surface area contributed by atoms with Crippen LogP contribution in [0, 0.1) is 0 Å². The van der Waals surface area contributed by atoms with Gasteiger partial charge >= 0.3 is 0 Å². The van der Waals surface area contributed by atoms with Gasteiger partial charge in [0.05, 0.1) is 14.2 Å². The summed E-state index contributed by atoms with van der Waals surface area (Å²) in [7, 11) is 5.05. The highest BCUT2D eigenvalue weighted by molar-refractivity contribution is 6.31. The summed E-state index contributed by atoms with van der Waals surface area (Å²) in [6.45, 7) is 0. The van der Waals surface area contributed by atoms with Crippen molar-refractivity contribution in [1.29, 1.82) is 0 Å². The SMILES string of the molecule is COc1ccc(N(C)c2ncnc(Cl)c2OC)cc1. The molecule has 0 N–H and O–H groups in total. The summed E-state index contributed by atoms with van der Waals surface area (Å²) in [6.07, 6.45) is 1.40. The second kappa shape index (κ2) is 5.75. The molecule has 0 bridgehead atoms. The Hall–Kier alpha value is -2.01. The number of ether oxygens (including phenoxy) is 2. The average Bonchev–Trinajstić information content (AvgIpc) is 2.46. The predicted octanol–water partition coefficient (Wildman–Crippen LogP) is 2.92. The van der Waals surface area contributed by atoms with Gasteiger partial charge in [-0.3, -0.25) is 0 Å². The van der Waals surface area contributed by atoms with E-state index in [-0.39, 0.29) is 5.15 Å². The van der Waals surface area contributed by atoms with E-state index in [1.54, 1.807) is 7.11 Å². The third kappa shape index (κ3) is 2.71. The standard InChI is InChI=1S/C13H14ClN3O2/c1-17(9-4-6-10(18-2)7-5-9)13-11(19-3)12(14)15-8-16-13/h4-8H,1-3H3. The van der Waals surface area contributed by atoms with Gasteiger partial charge in [0.25, 0.3) is 0 Å². The molecule has 0 spiro atoms. The second-order valence-corrected chi connectivity index (χ2v) is 4.14. The molecule has 5 nitrogen and oxygen atoms in total. The Balaban J connectivity index is 2.37. The van der Waals surface area contributed by atoms with Crippen LogP contribution in [0.5, 0.6) is 11.5 Å². The third-order valence-corrected chi connectivity index (χ3v) is 2.99. The molecule has 1 heterocycles. The fourth-order valence-electron chi connectivity index (χ4n) is 1.69. The zero-order valence-corrected chi connectivity index (χ0v) is 11.7. The molecule has 0 aliphatic carbocycles. The van der Waals surface area contributed by atoms with Gasteiger partial charge in [-0.15, -0.1) is 0 Å². The molecule has 0 aliphatic rings. The minimum atomic E-state index is 0.285. The quantitative estimate of drug-likeness (QED) is 0.806. The van der Waals surface area contributed by atoms with Crippen molar-refractivity contribution in [2.45, 2.75) is 0 Å². The normalized spacial score (nSPS) is 10.1. The molecule has 0 saturated heterocycles. The van der Waals surface area contributed by atoms with Crippen LogP contribution in [-0.2, 0) is 0 Å². The average molecular weight is 280 g/mol. The molecule has 2 rings (SSSR count). The van der Waals surface area contributed by atoms with Crippen molar-refractivity contribution in [2.24, 2.45) is 0 Å². The zero-order chi connectivity index (χ0) is 13.8. The molecule has 0 aliphatic heterocycles. The smallest absolute Gasteiger partial charge is 0.199 e. The van der Waals surface area contributed by atoms with E-state index in [0.29, 0.717) is 11.6 Å². The molecular formula is C13H14ClN3O2. The van der Waals surface area contributed by atoms with Crippen LogP contribution in [0.3, 0.4) is 0 Å². The van der Waals surface area contributed by atoms with E-state index in [1.165, 1.54) is 13.4 Å². The predicted molar refractivity (Wildman–Crippen MR) is 74.7 cm³/mol. The van der Waals surface area contributed by atoms with Crippen molar-refractivity contribution in [1.82, 2.24) is 9.97 Å². The number of aromatic nitrogens is 2. The second-order valence-electron chi connectivity index (χ2n) is 3.78. The number of nitrogens with zero attached hydrogens (tertiary/aromatic N) is 3. The molecular weight excluding hydrogens is 266 g/mol. The van der Waals surface area contributed by atoms with Crippen molar-refractivity contribution < 1.29 is 9.47 Å². The van der Waals surface area contributed by atoms with Gasteiger partial charge in [-0.2, -0.15) is 0 Å². The lowest BCUT2D eigenvalue weighted by atomic mass is 10.3. The molecule has 0 radical (unpaired) electrons. The number of methoxy groups -OCH3 is 2. The van der Waals surface area contributed by atoms with Crippen LogP contribution in [0.25, 0.3) is 0 Å². The van der Waals surface area contributed by atoms with Gasteiger partial charge in [0, 0.05) is 12.7 Å². The van der Waals surface area contributed by atoms with E-state index in [0.717, 1.165) is 11.4 Å². The highest BCUT2D eigenvalue weighted by Crippen LogP contribution is 2.34. The molecule has 0 saturated carbocycles. The molecule has 0 amide bonds. The molecule has 19 heavy (non-hydrogen) atoms. The highest BCUT2D eigenvalue weighted by Gasteiger charge is 2.15. The molecule has 2 aromatic rings. The van der Waals surface area contributed by atoms with Crippen molar-refractivity contribution in [3.8, 4) is 11.5 Å². The van der Waals surface area contributed by atoms with Gasteiger partial charge in [0.15, 0.2) is 16.7 Å². The van der Waals surface area contributed by atoms with Gasteiger partial charge in [-0.25, -0.2) is 9.97 Å². The minimum Gasteiger partial charge on any atom is -0.497 e. The summed E-state index contributed by atoms with van der Waals surface area (Å²) in [5.41, 5.74) is 0.939. The molecule has 0 unspecified atom stereocenters. The van der Waals surface area contributed by atoms with E-state index in [9.17, 15) is 0 Å². The minimum absolute atomic E-state index is 0.285. The Morgan fingerprint density at radius 1 is 1.05 bits per heavy atom. The van der Waals surface area contributed by atoms with Crippen LogP contribution in [0.2, 0.25) is 5.15 Å². The maximum Gasteiger partial charge on any atom is 0.199 e. The van der Waals surface area contributed by atoms with E-state index in [1.807, 2.05) is 36.2 Å². The lowest BCUT2D eigenvalue weighted by molar-refractivity contribution is 0.412. The Bertz CT molecular complexity index is 560. The number of halogens is 1. The number of hydrogen-bond acceptors (Lipinski definition) is 5. The molecule has 0 fully saturated rings. The lowest BCUT2D eigenvalue weighted by Crippen LogP contribution is -2.13. The van der Waals surface area contributed by atoms with Crippen LogP contribution in [-0.4, -0.2) is 31.2 Å². The highest BCUT2D eigenvalue weighted by atomic mass is 35.5. The first-order chi connectivity index (χ1) is 9.17. The largest absolute Gasteiger partial charge is 0.497 e.